The van der Waals surface area contributed by atoms with Crippen LogP contribution in [-0.2, 0) is 13.1 Å². The first-order valence-corrected chi connectivity index (χ1v) is 6.56. The van der Waals surface area contributed by atoms with Gasteiger partial charge in [-0.05, 0) is 36.9 Å². The lowest BCUT2D eigenvalue weighted by atomic mass is 10.2. The Morgan fingerprint density at radius 3 is 2.78 bits per heavy atom. The Labute approximate surface area is 116 Å². The molecule has 94 valence electrons. The number of rotatable bonds is 4. The molecule has 0 spiro atoms. The van der Waals surface area contributed by atoms with Gasteiger partial charge in [0.15, 0.2) is 0 Å². The van der Waals surface area contributed by atoms with E-state index in [-0.39, 0.29) is 0 Å². The lowest BCUT2D eigenvalue weighted by molar-refractivity contribution is 0.315. The summed E-state index contributed by atoms with van der Waals surface area (Å²) in [6, 6.07) is 12.0. The maximum Gasteiger partial charge on any atom is 0.0564 e. The molecule has 0 fully saturated rings. The van der Waals surface area contributed by atoms with Crippen LogP contribution in [0.2, 0.25) is 0 Å². The Hall–Kier alpha value is -1.39. The van der Waals surface area contributed by atoms with Gasteiger partial charge in [0.25, 0.3) is 0 Å². The summed E-state index contributed by atoms with van der Waals surface area (Å²) in [5.74, 6) is 0. The first kappa shape index (κ1) is 13.1. The molecule has 0 aliphatic carbocycles. The molecule has 1 heterocycles. The Morgan fingerprint density at radius 2 is 2.06 bits per heavy atom. The molecule has 3 nitrogen and oxygen atoms in total. The zero-order chi connectivity index (χ0) is 13.0. The molecule has 1 aromatic heterocycles. The van der Waals surface area contributed by atoms with Crippen LogP contribution in [0.15, 0.2) is 47.1 Å². The molecule has 1 aromatic carbocycles. The molecular weight excluding hydrogens is 290 g/mol. The van der Waals surface area contributed by atoms with Gasteiger partial charge in [-0.15, -0.1) is 0 Å². The predicted molar refractivity (Wildman–Crippen MR) is 78.0 cm³/mol. The van der Waals surface area contributed by atoms with Crippen LogP contribution in [-0.4, -0.2) is 16.9 Å². The van der Waals surface area contributed by atoms with E-state index >= 15 is 0 Å². The number of nitrogens with two attached hydrogens (primary N) is 1. The summed E-state index contributed by atoms with van der Waals surface area (Å²) in [6.07, 6.45) is 1.75. The molecule has 0 aliphatic rings. The van der Waals surface area contributed by atoms with Crippen molar-refractivity contribution in [3.05, 3.63) is 58.3 Å². The Kier molecular flexibility index (Phi) is 4.33. The molecule has 18 heavy (non-hydrogen) atoms. The molecule has 0 saturated heterocycles. The van der Waals surface area contributed by atoms with Gasteiger partial charge in [0.2, 0.25) is 0 Å². The van der Waals surface area contributed by atoms with Crippen LogP contribution in [0.4, 0.5) is 5.69 Å². The van der Waals surface area contributed by atoms with Gasteiger partial charge in [0, 0.05) is 29.4 Å². The summed E-state index contributed by atoms with van der Waals surface area (Å²) in [6.45, 7) is 1.67. The maximum absolute atomic E-state index is 5.74. The molecule has 2 rings (SSSR count). The highest BCUT2D eigenvalue weighted by atomic mass is 79.9. The number of pyridine rings is 1. The minimum atomic E-state index is 0.760. The van der Waals surface area contributed by atoms with Crippen molar-refractivity contribution in [3.63, 3.8) is 0 Å². The van der Waals surface area contributed by atoms with Gasteiger partial charge < -0.3 is 5.73 Å². The van der Waals surface area contributed by atoms with Crippen LogP contribution >= 0.6 is 15.9 Å². The molecule has 4 heteroatoms. The Balaban J connectivity index is 1.98. The zero-order valence-electron chi connectivity index (χ0n) is 10.3. The van der Waals surface area contributed by atoms with Crippen molar-refractivity contribution in [2.24, 2.45) is 0 Å². The van der Waals surface area contributed by atoms with Crippen LogP contribution in [0.1, 0.15) is 11.3 Å². The van der Waals surface area contributed by atoms with E-state index < -0.39 is 0 Å². The number of nitrogens with zero attached hydrogens (tertiary/aromatic N) is 2. The van der Waals surface area contributed by atoms with E-state index in [4.69, 9.17) is 5.73 Å². The second-order valence-corrected chi connectivity index (χ2v) is 5.30. The second kappa shape index (κ2) is 5.98. The van der Waals surface area contributed by atoms with Gasteiger partial charge in [0.1, 0.15) is 0 Å². The largest absolute Gasteiger partial charge is 0.399 e. The predicted octanol–water partition coefficient (Wildman–Crippen LogP) is 3.06. The molecule has 0 saturated carbocycles. The van der Waals surface area contributed by atoms with E-state index in [9.17, 15) is 0 Å². The van der Waals surface area contributed by atoms with Gasteiger partial charge in [-0.3, -0.25) is 9.88 Å². The summed E-state index contributed by atoms with van der Waals surface area (Å²) in [5, 5.41) is 0. The first-order chi connectivity index (χ1) is 8.63. The van der Waals surface area contributed by atoms with Crippen LogP contribution < -0.4 is 5.73 Å². The monoisotopic (exact) mass is 305 g/mol. The number of nitrogen functional groups attached to an aromatic ring is 1. The number of hydrogen-bond donors (Lipinski definition) is 1. The number of aromatic nitrogens is 1. The average molecular weight is 306 g/mol. The lowest BCUT2D eigenvalue weighted by Gasteiger charge is -2.16. The topological polar surface area (TPSA) is 42.1 Å². The van der Waals surface area contributed by atoms with Crippen LogP contribution in [0.25, 0.3) is 0 Å². The summed E-state index contributed by atoms with van der Waals surface area (Å²) in [7, 11) is 2.08. The quantitative estimate of drug-likeness (QED) is 0.944. The van der Waals surface area contributed by atoms with Gasteiger partial charge in [-0.2, -0.15) is 0 Å². The molecule has 2 N–H and O–H groups in total. The third-order valence-corrected chi connectivity index (χ3v) is 3.11. The third kappa shape index (κ3) is 3.82. The van der Waals surface area contributed by atoms with E-state index in [1.54, 1.807) is 12.3 Å². The summed E-state index contributed by atoms with van der Waals surface area (Å²) in [4.78, 5) is 6.52. The smallest absolute Gasteiger partial charge is 0.0564 e. The van der Waals surface area contributed by atoms with E-state index in [0.29, 0.717) is 0 Å². The van der Waals surface area contributed by atoms with Crippen molar-refractivity contribution in [1.29, 1.82) is 0 Å². The van der Waals surface area contributed by atoms with Crippen molar-refractivity contribution < 1.29 is 0 Å². The van der Waals surface area contributed by atoms with Gasteiger partial charge in [-0.25, -0.2) is 0 Å². The number of benzene rings is 1. The van der Waals surface area contributed by atoms with Crippen LogP contribution in [0, 0.1) is 0 Å². The highest BCUT2D eigenvalue weighted by molar-refractivity contribution is 9.10. The molecule has 0 unspecified atom stereocenters. The van der Waals surface area contributed by atoms with Crippen LogP contribution in [0.3, 0.4) is 0 Å². The minimum Gasteiger partial charge on any atom is -0.399 e. The molecular formula is C14H16BrN3. The van der Waals surface area contributed by atoms with Crippen molar-refractivity contribution in [2.45, 2.75) is 13.1 Å². The zero-order valence-corrected chi connectivity index (χ0v) is 11.9. The van der Waals surface area contributed by atoms with E-state index in [1.807, 2.05) is 18.2 Å². The SMILES string of the molecule is CN(Cc1cccc(Br)c1)Cc1cc(N)ccn1. The molecule has 0 aliphatic heterocycles. The van der Waals surface area contributed by atoms with Gasteiger partial charge in [-0.1, -0.05) is 28.1 Å². The highest BCUT2D eigenvalue weighted by Crippen LogP contribution is 2.14. The van der Waals surface area contributed by atoms with E-state index in [0.717, 1.165) is 28.9 Å². The Morgan fingerprint density at radius 1 is 1.22 bits per heavy atom. The maximum atomic E-state index is 5.74. The van der Waals surface area contributed by atoms with Crippen molar-refractivity contribution in [1.82, 2.24) is 9.88 Å². The van der Waals surface area contributed by atoms with Gasteiger partial charge >= 0.3 is 0 Å². The average Bonchev–Trinajstić information content (AvgIpc) is 2.28. The van der Waals surface area contributed by atoms with E-state index in [2.05, 4.69) is 45.0 Å². The number of halogens is 1. The Bertz CT molecular complexity index is 480. The van der Waals surface area contributed by atoms with Gasteiger partial charge in [0.05, 0.1) is 5.69 Å². The number of anilines is 1. The molecule has 0 atom stereocenters. The fraction of sp³-hybridized carbons (Fsp3) is 0.214. The fourth-order valence-corrected chi connectivity index (χ4v) is 2.31. The fourth-order valence-electron chi connectivity index (χ4n) is 1.86. The van der Waals surface area contributed by atoms with Crippen molar-refractivity contribution in [2.75, 3.05) is 12.8 Å². The summed E-state index contributed by atoms with van der Waals surface area (Å²) >= 11 is 3.48. The number of hydrogen-bond acceptors (Lipinski definition) is 3. The highest BCUT2D eigenvalue weighted by Gasteiger charge is 2.03. The lowest BCUT2D eigenvalue weighted by Crippen LogP contribution is -2.18. The molecule has 0 amide bonds. The van der Waals surface area contributed by atoms with Crippen molar-refractivity contribution in [3.8, 4) is 0 Å². The molecule has 2 aromatic rings. The standard InChI is InChI=1S/C14H16BrN3/c1-18(9-11-3-2-4-12(15)7-11)10-14-8-13(16)5-6-17-14/h2-8H,9-10H2,1H3,(H2,16,17). The normalized spacial score (nSPS) is 10.8. The summed E-state index contributed by atoms with van der Waals surface area (Å²) in [5.41, 5.74) is 8.77. The van der Waals surface area contributed by atoms with Crippen molar-refractivity contribution >= 4 is 21.6 Å². The molecule has 0 radical (unpaired) electrons. The first-order valence-electron chi connectivity index (χ1n) is 5.77. The molecule has 0 bridgehead atoms. The van der Waals surface area contributed by atoms with E-state index in [1.165, 1.54) is 5.56 Å². The second-order valence-electron chi connectivity index (χ2n) is 4.38. The van der Waals surface area contributed by atoms with Crippen LogP contribution in [0.5, 0.6) is 0 Å². The third-order valence-electron chi connectivity index (χ3n) is 2.61. The summed E-state index contributed by atoms with van der Waals surface area (Å²) < 4.78 is 1.11. The minimum absolute atomic E-state index is 0.760.